The molecule has 1 N–H and O–H groups in total. The van der Waals surface area contributed by atoms with Crippen molar-refractivity contribution in [2.24, 2.45) is 5.92 Å². The Kier molecular flexibility index (Phi) is 4.26. The van der Waals surface area contributed by atoms with Gasteiger partial charge in [0.05, 0.1) is 12.1 Å². The summed E-state index contributed by atoms with van der Waals surface area (Å²) in [6, 6.07) is 0.326. The number of aromatic nitrogens is 2. The van der Waals surface area contributed by atoms with E-state index in [1.165, 1.54) is 12.8 Å². The lowest BCUT2D eigenvalue weighted by Crippen LogP contribution is -2.11. The normalized spacial score (nSPS) is 17.6. The first-order chi connectivity index (χ1) is 9.41. The van der Waals surface area contributed by atoms with E-state index in [4.69, 9.17) is 5.11 Å². The van der Waals surface area contributed by atoms with E-state index in [-0.39, 0.29) is 11.7 Å². The Labute approximate surface area is 119 Å². The SMILES string of the molecule is CC(=O)c1cnc(C2CC2)n1C(C)C.O=C(O)C1CC1. The van der Waals surface area contributed by atoms with Gasteiger partial charge in [-0.3, -0.25) is 9.59 Å². The number of aliphatic carboxylic acids is 1. The topological polar surface area (TPSA) is 72.2 Å². The van der Waals surface area contributed by atoms with E-state index >= 15 is 0 Å². The Hall–Kier alpha value is -1.65. The van der Waals surface area contributed by atoms with Gasteiger partial charge in [-0.05, 0) is 39.5 Å². The lowest BCUT2D eigenvalue weighted by atomic mass is 10.2. The lowest BCUT2D eigenvalue weighted by molar-refractivity contribution is -0.138. The van der Waals surface area contributed by atoms with Gasteiger partial charge in [-0.2, -0.15) is 0 Å². The predicted octanol–water partition coefficient (Wildman–Crippen LogP) is 3.03. The number of ketones is 1. The largest absolute Gasteiger partial charge is 0.481 e. The van der Waals surface area contributed by atoms with Crippen LogP contribution in [-0.4, -0.2) is 26.4 Å². The number of imidazole rings is 1. The molecule has 5 nitrogen and oxygen atoms in total. The third-order valence-electron chi connectivity index (χ3n) is 3.57. The van der Waals surface area contributed by atoms with Crippen molar-refractivity contribution in [1.82, 2.24) is 9.55 Å². The fourth-order valence-electron chi connectivity index (χ4n) is 2.15. The van der Waals surface area contributed by atoms with Gasteiger partial charge < -0.3 is 9.67 Å². The van der Waals surface area contributed by atoms with Gasteiger partial charge in [0.25, 0.3) is 0 Å². The molecule has 2 aliphatic carbocycles. The fourth-order valence-corrected chi connectivity index (χ4v) is 2.15. The van der Waals surface area contributed by atoms with Crippen LogP contribution in [0.5, 0.6) is 0 Å². The van der Waals surface area contributed by atoms with Gasteiger partial charge in [-0.15, -0.1) is 0 Å². The summed E-state index contributed by atoms with van der Waals surface area (Å²) in [6.45, 7) is 5.80. The zero-order chi connectivity index (χ0) is 14.9. The number of rotatable bonds is 4. The van der Waals surface area contributed by atoms with Crippen LogP contribution in [0.2, 0.25) is 0 Å². The van der Waals surface area contributed by atoms with Crippen LogP contribution in [-0.2, 0) is 4.79 Å². The molecule has 0 atom stereocenters. The smallest absolute Gasteiger partial charge is 0.306 e. The Morgan fingerprint density at radius 3 is 2.20 bits per heavy atom. The molecule has 110 valence electrons. The number of carboxylic acids is 1. The van der Waals surface area contributed by atoms with E-state index in [1.807, 2.05) is 0 Å². The predicted molar refractivity (Wildman–Crippen MR) is 75.0 cm³/mol. The summed E-state index contributed by atoms with van der Waals surface area (Å²) < 4.78 is 2.08. The van der Waals surface area contributed by atoms with Crippen molar-refractivity contribution in [3.63, 3.8) is 0 Å². The number of carbonyl (C=O) groups excluding carboxylic acids is 1. The Morgan fingerprint density at radius 2 is 1.90 bits per heavy atom. The molecule has 5 heteroatoms. The van der Waals surface area contributed by atoms with Gasteiger partial charge in [0, 0.05) is 18.9 Å². The van der Waals surface area contributed by atoms with E-state index in [2.05, 4.69) is 23.4 Å². The highest BCUT2D eigenvalue weighted by molar-refractivity contribution is 5.92. The van der Waals surface area contributed by atoms with Crippen molar-refractivity contribution < 1.29 is 14.7 Å². The highest BCUT2D eigenvalue weighted by Crippen LogP contribution is 2.40. The van der Waals surface area contributed by atoms with E-state index in [0.717, 1.165) is 24.4 Å². The maximum Gasteiger partial charge on any atom is 0.306 e. The molecule has 0 radical (unpaired) electrons. The second kappa shape index (κ2) is 5.77. The molecule has 2 saturated carbocycles. The molecule has 2 fully saturated rings. The standard InChI is InChI=1S/C11H16N2O.C4H6O2/c1-7(2)13-10(8(3)14)6-12-11(13)9-4-5-9;5-4(6)3-1-2-3/h6-7,9H,4-5H2,1-3H3;3H,1-2H2,(H,5,6). The number of hydrogen-bond donors (Lipinski definition) is 1. The highest BCUT2D eigenvalue weighted by atomic mass is 16.4. The summed E-state index contributed by atoms with van der Waals surface area (Å²) in [5.74, 6) is 1.20. The van der Waals surface area contributed by atoms with Gasteiger partial charge in [-0.25, -0.2) is 4.98 Å². The molecule has 0 aliphatic heterocycles. The van der Waals surface area contributed by atoms with Crippen molar-refractivity contribution >= 4 is 11.8 Å². The summed E-state index contributed by atoms with van der Waals surface area (Å²) in [4.78, 5) is 25.5. The first kappa shape index (κ1) is 14.8. The third kappa shape index (κ3) is 3.46. The van der Waals surface area contributed by atoms with Crippen LogP contribution in [0.1, 0.15) is 74.7 Å². The first-order valence-corrected chi connectivity index (χ1v) is 7.22. The average Bonchev–Trinajstić information content (AvgIpc) is 3.25. The zero-order valence-corrected chi connectivity index (χ0v) is 12.3. The highest BCUT2D eigenvalue weighted by Gasteiger charge is 2.30. The van der Waals surface area contributed by atoms with Gasteiger partial charge in [-0.1, -0.05) is 0 Å². The van der Waals surface area contributed by atoms with E-state index in [1.54, 1.807) is 13.1 Å². The molecule has 3 rings (SSSR count). The third-order valence-corrected chi connectivity index (χ3v) is 3.57. The lowest BCUT2D eigenvalue weighted by Gasteiger charge is -2.13. The van der Waals surface area contributed by atoms with Crippen molar-refractivity contribution in [2.75, 3.05) is 0 Å². The van der Waals surface area contributed by atoms with Crippen molar-refractivity contribution in [3.05, 3.63) is 17.7 Å². The summed E-state index contributed by atoms with van der Waals surface area (Å²) in [5.41, 5.74) is 0.752. The molecule has 2 aliphatic rings. The molecule has 0 spiro atoms. The van der Waals surface area contributed by atoms with Crippen molar-refractivity contribution in [2.45, 2.75) is 58.4 Å². The molecule has 0 unspecified atom stereocenters. The molecule has 0 aromatic carbocycles. The molecule has 1 aromatic rings. The summed E-state index contributed by atoms with van der Waals surface area (Å²) in [5, 5.41) is 8.05. The van der Waals surface area contributed by atoms with Gasteiger partial charge in [0.15, 0.2) is 5.78 Å². The fraction of sp³-hybridized carbons (Fsp3) is 0.667. The quantitative estimate of drug-likeness (QED) is 0.859. The van der Waals surface area contributed by atoms with Crippen molar-refractivity contribution in [3.8, 4) is 0 Å². The first-order valence-electron chi connectivity index (χ1n) is 7.22. The number of carbonyl (C=O) groups is 2. The van der Waals surface area contributed by atoms with Crippen LogP contribution in [0, 0.1) is 5.92 Å². The average molecular weight is 278 g/mol. The molecule has 1 aromatic heterocycles. The van der Waals surface area contributed by atoms with Crippen LogP contribution in [0.4, 0.5) is 0 Å². The molecular weight excluding hydrogens is 256 g/mol. The van der Waals surface area contributed by atoms with Gasteiger partial charge >= 0.3 is 5.97 Å². The summed E-state index contributed by atoms with van der Waals surface area (Å²) >= 11 is 0. The molecule has 0 amide bonds. The minimum atomic E-state index is -0.630. The van der Waals surface area contributed by atoms with Gasteiger partial charge in [0.2, 0.25) is 0 Å². The van der Waals surface area contributed by atoms with Crippen LogP contribution < -0.4 is 0 Å². The van der Waals surface area contributed by atoms with Crippen LogP contribution >= 0.6 is 0 Å². The second-order valence-electron chi connectivity index (χ2n) is 5.91. The Morgan fingerprint density at radius 1 is 1.30 bits per heavy atom. The summed E-state index contributed by atoms with van der Waals surface area (Å²) in [6.07, 6.45) is 5.96. The number of hydrogen-bond acceptors (Lipinski definition) is 3. The zero-order valence-electron chi connectivity index (χ0n) is 12.3. The number of nitrogens with zero attached hydrogens (tertiary/aromatic N) is 2. The second-order valence-corrected chi connectivity index (χ2v) is 5.91. The summed E-state index contributed by atoms with van der Waals surface area (Å²) in [7, 11) is 0. The van der Waals surface area contributed by atoms with Gasteiger partial charge in [0.1, 0.15) is 11.5 Å². The number of Topliss-reactive ketones (excluding diaryl/α,β-unsaturated/α-hetero) is 1. The maximum absolute atomic E-state index is 11.4. The number of carboxylic acid groups (broad SMARTS) is 1. The van der Waals surface area contributed by atoms with E-state index < -0.39 is 5.97 Å². The molecule has 20 heavy (non-hydrogen) atoms. The monoisotopic (exact) mass is 278 g/mol. The Balaban J connectivity index is 0.000000205. The van der Waals surface area contributed by atoms with Crippen LogP contribution in [0.25, 0.3) is 0 Å². The minimum Gasteiger partial charge on any atom is -0.481 e. The molecule has 0 saturated heterocycles. The van der Waals surface area contributed by atoms with E-state index in [9.17, 15) is 9.59 Å². The van der Waals surface area contributed by atoms with Crippen LogP contribution in [0.15, 0.2) is 6.20 Å². The van der Waals surface area contributed by atoms with Crippen molar-refractivity contribution in [1.29, 1.82) is 0 Å². The Bertz CT molecular complexity index is 511. The maximum atomic E-state index is 11.4. The minimum absolute atomic E-state index is 0.0185. The van der Waals surface area contributed by atoms with Crippen LogP contribution in [0.3, 0.4) is 0 Å². The van der Waals surface area contributed by atoms with E-state index in [0.29, 0.717) is 12.0 Å². The molecule has 0 bridgehead atoms. The molecular formula is C15H22N2O3. The molecule has 1 heterocycles.